The summed E-state index contributed by atoms with van der Waals surface area (Å²) in [4.78, 5) is 0. The van der Waals surface area contributed by atoms with Crippen LogP contribution in [0.4, 0.5) is 0 Å². The molecule has 0 aliphatic rings. The Hall–Kier alpha value is -1.26. The van der Waals surface area contributed by atoms with Crippen molar-refractivity contribution in [3.63, 3.8) is 0 Å². The van der Waals surface area contributed by atoms with E-state index in [2.05, 4.69) is 31.2 Å². The summed E-state index contributed by atoms with van der Waals surface area (Å²) in [6.45, 7) is 9.17. The van der Waals surface area contributed by atoms with Gasteiger partial charge in [-0.1, -0.05) is 18.5 Å². The number of hydrogen-bond donors (Lipinski definition) is 1. The maximum atomic E-state index is 6.35. The molecular weight excluding hydrogens is 274 g/mol. The predicted molar refractivity (Wildman–Crippen MR) is 81.2 cm³/mol. The first-order valence-corrected chi connectivity index (χ1v) is 7.45. The zero-order valence-electron chi connectivity index (χ0n) is 12.5. The van der Waals surface area contributed by atoms with Gasteiger partial charge >= 0.3 is 0 Å². The minimum absolute atomic E-state index is 0.0685. The first-order valence-electron chi connectivity index (χ1n) is 7.07. The zero-order chi connectivity index (χ0) is 14.7. The van der Waals surface area contributed by atoms with Gasteiger partial charge in [0.05, 0.1) is 16.9 Å². The van der Waals surface area contributed by atoms with E-state index in [9.17, 15) is 0 Å². The monoisotopic (exact) mass is 295 g/mol. The summed E-state index contributed by atoms with van der Waals surface area (Å²) in [5.41, 5.74) is 0.962. The fourth-order valence-electron chi connectivity index (χ4n) is 2.26. The molecule has 4 nitrogen and oxygen atoms in total. The predicted octanol–water partition coefficient (Wildman–Crippen LogP) is 4.11. The molecule has 2 heterocycles. The molecule has 0 radical (unpaired) electrons. The van der Waals surface area contributed by atoms with E-state index in [4.69, 9.17) is 16.0 Å². The van der Waals surface area contributed by atoms with Gasteiger partial charge in [-0.05, 0) is 45.9 Å². The summed E-state index contributed by atoms with van der Waals surface area (Å²) in [5.74, 6) is 1.77. The van der Waals surface area contributed by atoms with Crippen LogP contribution in [0.25, 0.3) is 0 Å². The van der Waals surface area contributed by atoms with Crippen LogP contribution in [0.5, 0.6) is 0 Å². The summed E-state index contributed by atoms with van der Waals surface area (Å²) in [7, 11) is 0. The van der Waals surface area contributed by atoms with Gasteiger partial charge in [0.2, 0.25) is 0 Å². The molecule has 5 heteroatoms. The highest BCUT2D eigenvalue weighted by molar-refractivity contribution is 6.31. The lowest BCUT2D eigenvalue weighted by molar-refractivity contribution is 0.402. The average Bonchev–Trinajstić information content (AvgIpc) is 2.98. The van der Waals surface area contributed by atoms with Crippen LogP contribution in [0, 0.1) is 6.92 Å². The molecule has 0 bridgehead atoms. The van der Waals surface area contributed by atoms with Gasteiger partial charge in [0, 0.05) is 6.04 Å². The number of aryl methyl sites for hydroxylation is 1. The van der Waals surface area contributed by atoms with E-state index >= 15 is 0 Å². The summed E-state index contributed by atoms with van der Waals surface area (Å²) in [6.07, 6.45) is 2.75. The number of nitrogens with one attached hydrogen (secondary N) is 1. The van der Waals surface area contributed by atoms with Crippen LogP contribution in [0.2, 0.25) is 5.02 Å². The molecule has 0 aromatic carbocycles. The van der Waals surface area contributed by atoms with Gasteiger partial charge in [0.25, 0.3) is 0 Å². The molecule has 0 aliphatic heterocycles. The molecule has 0 aliphatic carbocycles. The normalized spacial score (nSPS) is 13.1. The lowest BCUT2D eigenvalue weighted by atomic mass is 10.1. The molecule has 0 saturated carbocycles. The smallest absolute Gasteiger partial charge is 0.127 e. The SMILES string of the molecule is CCCNC(c1ccc(C)o1)c1c(Cl)cnn1C(C)C. The number of rotatable bonds is 6. The minimum atomic E-state index is -0.0685. The standard InChI is InChI=1S/C15H22ClN3O/c1-5-8-17-14(13-7-6-11(4)20-13)15-12(16)9-18-19(15)10(2)3/h6-7,9-10,14,17H,5,8H2,1-4H3. The van der Waals surface area contributed by atoms with Crippen LogP contribution in [-0.4, -0.2) is 16.3 Å². The third-order valence-corrected chi connectivity index (χ3v) is 3.48. The Labute approximate surface area is 125 Å². The molecular formula is C15H22ClN3O. The first-order chi connectivity index (χ1) is 9.54. The van der Waals surface area contributed by atoms with Crippen molar-refractivity contribution >= 4 is 11.6 Å². The van der Waals surface area contributed by atoms with Crippen molar-refractivity contribution in [3.05, 3.63) is 40.6 Å². The second-order valence-corrected chi connectivity index (χ2v) is 5.66. The van der Waals surface area contributed by atoms with E-state index in [-0.39, 0.29) is 12.1 Å². The highest BCUT2D eigenvalue weighted by Crippen LogP contribution is 2.31. The molecule has 0 saturated heterocycles. The van der Waals surface area contributed by atoms with Gasteiger partial charge < -0.3 is 9.73 Å². The highest BCUT2D eigenvalue weighted by atomic mass is 35.5. The first kappa shape index (κ1) is 15.1. The van der Waals surface area contributed by atoms with Crippen molar-refractivity contribution < 1.29 is 4.42 Å². The molecule has 1 N–H and O–H groups in total. The maximum Gasteiger partial charge on any atom is 0.127 e. The second kappa shape index (κ2) is 6.46. The summed E-state index contributed by atoms with van der Waals surface area (Å²) in [6, 6.07) is 4.15. The number of halogens is 1. The number of nitrogens with zero attached hydrogens (tertiary/aromatic N) is 2. The van der Waals surface area contributed by atoms with Crippen LogP contribution in [0.15, 0.2) is 22.7 Å². The number of aromatic nitrogens is 2. The van der Waals surface area contributed by atoms with Crippen molar-refractivity contribution in [2.45, 2.75) is 46.2 Å². The van der Waals surface area contributed by atoms with Gasteiger partial charge in [-0.15, -0.1) is 0 Å². The molecule has 20 heavy (non-hydrogen) atoms. The van der Waals surface area contributed by atoms with Crippen molar-refractivity contribution in [2.75, 3.05) is 6.54 Å². The number of furan rings is 1. The molecule has 0 fully saturated rings. The van der Waals surface area contributed by atoms with E-state index in [1.54, 1.807) is 6.20 Å². The molecule has 2 aromatic rings. The van der Waals surface area contributed by atoms with Crippen molar-refractivity contribution in [1.29, 1.82) is 0 Å². The fourth-order valence-corrected chi connectivity index (χ4v) is 2.50. The van der Waals surface area contributed by atoms with E-state index in [1.165, 1.54) is 0 Å². The van der Waals surface area contributed by atoms with Crippen LogP contribution < -0.4 is 5.32 Å². The zero-order valence-corrected chi connectivity index (χ0v) is 13.2. The minimum Gasteiger partial charge on any atom is -0.464 e. The number of hydrogen-bond acceptors (Lipinski definition) is 3. The van der Waals surface area contributed by atoms with E-state index in [0.717, 1.165) is 30.2 Å². The third kappa shape index (κ3) is 3.07. The largest absolute Gasteiger partial charge is 0.464 e. The molecule has 110 valence electrons. The molecule has 0 amide bonds. The molecule has 2 aromatic heterocycles. The second-order valence-electron chi connectivity index (χ2n) is 5.25. The quantitative estimate of drug-likeness (QED) is 0.872. The lowest BCUT2D eigenvalue weighted by Crippen LogP contribution is -2.26. The third-order valence-electron chi connectivity index (χ3n) is 3.19. The molecule has 0 spiro atoms. The van der Waals surface area contributed by atoms with Gasteiger partial charge in [0.1, 0.15) is 17.6 Å². The molecule has 1 atom stereocenters. The van der Waals surface area contributed by atoms with Gasteiger partial charge in [0.15, 0.2) is 0 Å². The van der Waals surface area contributed by atoms with E-state index in [0.29, 0.717) is 5.02 Å². The summed E-state index contributed by atoms with van der Waals surface area (Å²) < 4.78 is 7.75. The van der Waals surface area contributed by atoms with Crippen LogP contribution in [0.3, 0.4) is 0 Å². The van der Waals surface area contributed by atoms with Crippen LogP contribution in [0.1, 0.15) is 56.5 Å². The summed E-state index contributed by atoms with van der Waals surface area (Å²) in [5, 5.41) is 8.55. The van der Waals surface area contributed by atoms with Gasteiger partial charge in [-0.25, -0.2) is 0 Å². The Kier molecular flexibility index (Phi) is 4.89. The summed E-state index contributed by atoms with van der Waals surface area (Å²) >= 11 is 6.35. The van der Waals surface area contributed by atoms with E-state index in [1.807, 2.05) is 23.7 Å². The topological polar surface area (TPSA) is 43.0 Å². The highest BCUT2D eigenvalue weighted by Gasteiger charge is 2.25. The lowest BCUT2D eigenvalue weighted by Gasteiger charge is -2.20. The van der Waals surface area contributed by atoms with Crippen molar-refractivity contribution in [2.24, 2.45) is 0 Å². The Morgan fingerprint density at radius 2 is 2.15 bits per heavy atom. The maximum absolute atomic E-state index is 6.35. The Bertz CT molecular complexity index is 559. The van der Waals surface area contributed by atoms with Crippen molar-refractivity contribution in [1.82, 2.24) is 15.1 Å². The molecule has 2 rings (SSSR count). The fraction of sp³-hybridized carbons (Fsp3) is 0.533. The van der Waals surface area contributed by atoms with Gasteiger partial charge in [-0.2, -0.15) is 5.10 Å². The Morgan fingerprint density at radius 3 is 2.70 bits per heavy atom. The Morgan fingerprint density at radius 1 is 1.40 bits per heavy atom. The molecule has 1 unspecified atom stereocenters. The average molecular weight is 296 g/mol. The van der Waals surface area contributed by atoms with Crippen molar-refractivity contribution in [3.8, 4) is 0 Å². The van der Waals surface area contributed by atoms with E-state index < -0.39 is 0 Å². The van der Waals surface area contributed by atoms with Gasteiger partial charge in [-0.3, -0.25) is 4.68 Å². The van der Waals surface area contributed by atoms with Crippen LogP contribution >= 0.6 is 11.6 Å². The van der Waals surface area contributed by atoms with Crippen LogP contribution in [-0.2, 0) is 0 Å². The Balaban J connectivity index is 2.43.